The topological polar surface area (TPSA) is 49.8 Å². The van der Waals surface area contributed by atoms with Crippen LogP contribution in [0, 0.1) is 11.3 Å². The van der Waals surface area contributed by atoms with E-state index in [1.165, 1.54) is 5.39 Å². The molecular formula is C12H10N2. The van der Waals surface area contributed by atoms with Gasteiger partial charge in [0.25, 0.3) is 0 Å². The van der Waals surface area contributed by atoms with Gasteiger partial charge in [0.2, 0.25) is 0 Å². The van der Waals surface area contributed by atoms with Crippen molar-refractivity contribution in [2.24, 2.45) is 5.73 Å². The Bertz CT molecular complexity index is 497. The van der Waals surface area contributed by atoms with Crippen molar-refractivity contribution in [2.75, 3.05) is 0 Å². The van der Waals surface area contributed by atoms with Crippen molar-refractivity contribution in [3.63, 3.8) is 0 Å². The second-order valence-electron chi connectivity index (χ2n) is 3.21. The van der Waals surface area contributed by atoms with Crippen LogP contribution in [0.15, 0.2) is 42.5 Å². The lowest BCUT2D eigenvalue weighted by Crippen LogP contribution is -2.06. The molecule has 0 bridgehead atoms. The molecule has 0 radical (unpaired) electrons. The smallest absolute Gasteiger partial charge is 0.118 e. The maximum atomic E-state index is 8.69. The summed E-state index contributed by atoms with van der Waals surface area (Å²) in [5.74, 6) is 0. The first-order valence-corrected chi connectivity index (χ1v) is 4.45. The van der Waals surface area contributed by atoms with Gasteiger partial charge in [-0.3, -0.25) is 0 Å². The van der Waals surface area contributed by atoms with Gasteiger partial charge in [0.05, 0.1) is 6.07 Å². The fourth-order valence-corrected chi connectivity index (χ4v) is 1.48. The molecule has 2 heteroatoms. The highest BCUT2D eigenvalue weighted by Gasteiger charge is 2.03. The van der Waals surface area contributed by atoms with Crippen LogP contribution < -0.4 is 5.73 Å². The molecule has 14 heavy (non-hydrogen) atoms. The molecule has 2 aromatic carbocycles. The molecule has 0 aromatic heterocycles. The van der Waals surface area contributed by atoms with Gasteiger partial charge in [-0.05, 0) is 22.4 Å². The molecular weight excluding hydrogens is 172 g/mol. The number of benzene rings is 2. The van der Waals surface area contributed by atoms with E-state index in [1.807, 2.05) is 48.5 Å². The maximum absolute atomic E-state index is 8.69. The Morgan fingerprint density at radius 1 is 1.07 bits per heavy atom. The van der Waals surface area contributed by atoms with Crippen LogP contribution in [0.25, 0.3) is 10.8 Å². The van der Waals surface area contributed by atoms with Gasteiger partial charge in [0.15, 0.2) is 0 Å². The minimum Gasteiger partial charge on any atom is -0.312 e. The lowest BCUT2D eigenvalue weighted by atomic mass is 10.0. The Hall–Kier alpha value is -1.85. The maximum Gasteiger partial charge on any atom is 0.118 e. The van der Waals surface area contributed by atoms with Crippen molar-refractivity contribution >= 4 is 10.8 Å². The number of fused-ring (bicyclic) bond motifs is 1. The molecule has 0 aliphatic carbocycles. The third-order valence-electron chi connectivity index (χ3n) is 2.27. The first kappa shape index (κ1) is 8.74. The van der Waals surface area contributed by atoms with Crippen LogP contribution in [0.5, 0.6) is 0 Å². The number of nitrogens with zero attached hydrogens (tertiary/aromatic N) is 1. The highest BCUT2D eigenvalue weighted by molar-refractivity contribution is 5.83. The summed E-state index contributed by atoms with van der Waals surface area (Å²) in [5.41, 5.74) is 6.49. The predicted molar refractivity (Wildman–Crippen MR) is 56.5 cm³/mol. The quantitative estimate of drug-likeness (QED) is 0.736. The number of nitriles is 1. The number of hydrogen-bond acceptors (Lipinski definition) is 2. The zero-order valence-corrected chi connectivity index (χ0v) is 7.64. The first-order chi connectivity index (χ1) is 6.81. The van der Waals surface area contributed by atoms with Gasteiger partial charge in [-0.15, -0.1) is 0 Å². The molecule has 2 aromatic rings. The van der Waals surface area contributed by atoms with Crippen molar-refractivity contribution in [1.29, 1.82) is 5.26 Å². The fraction of sp³-hybridized carbons (Fsp3) is 0.0833. The largest absolute Gasteiger partial charge is 0.312 e. The van der Waals surface area contributed by atoms with Gasteiger partial charge in [0.1, 0.15) is 6.04 Å². The molecule has 1 atom stereocenters. The highest BCUT2D eigenvalue weighted by atomic mass is 14.6. The van der Waals surface area contributed by atoms with E-state index in [0.29, 0.717) is 0 Å². The van der Waals surface area contributed by atoms with Crippen molar-refractivity contribution in [3.05, 3.63) is 48.0 Å². The van der Waals surface area contributed by atoms with E-state index >= 15 is 0 Å². The Kier molecular flexibility index (Phi) is 2.18. The summed E-state index contributed by atoms with van der Waals surface area (Å²) >= 11 is 0. The minimum atomic E-state index is -0.528. The summed E-state index contributed by atoms with van der Waals surface area (Å²) in [6.07, 6.45) is 0. The van der Waals surface area contributed by atoms with Crippen molar-refractivity contribution in [3.8, 4) is 6.07 Å². The Balaban J connectivity index is 2.58. The Labute approximate surface area is 82.6 Å². The molecule has 2 N–H and O–H groups in total. The van der Waals surface area contributed by atoms with Gasteiger partial charge in [0, 0.05) is 0 Å². The molecule has 68 valence electrons. The fourth-order valence-electron chi connectivity index (χ4n) is 1.48. The van der Waals surface area contributed by atoms with Gasteiger partial charge < -0.3 is 5.73 Å². The highest BCUT2D eigenvalue weighted by Crippen LogP contribution is 2.18. The van der Waals surface area contributed by atoms with Gasteiger partial charge in [-0.1, -0.05) is 36.4 Å². The molecule has 0 spiro atoms. The molecule has 0 fully saturated rings. The lowest BCUT2D eigenvalue weighted by molar-refractivity contribution is 0.929. The van der Waals surface area contributed by atoms with E-state index in [4.69, 9.17) is 11.0 Å². The Morgan fingerprint density at radius 3 is 2.50 bits per heavy atom. The molecule has 0 heterocycles. The molecule has 0 aliphatic heterocycles. The number of nitrogens with two attached hydrogens (primary N) is 1. The van der Waals surface area contributed by atoms with E-state index in [-0.39, 0.29) is 0 Å². The number of rotatable bonds is 1. The van der Waals surface area contributed by atoms with Crippen molar-refractivity contribution < 1.29 is 0 Å². The van der Waals surface area contributed by atoms with E-state index in [9.17, 15) is 0 Å². The SMILES string of the molecule is N#C[C@@H](N)c1ccc2ccccc2c1. The van der Waals surface area contributed by atoms with Crippen LogP contribution in [0.4, 0.5) is 0 Å². The molecule has 0 saturated heterocycles. The number of hydrogen-bond donors (Lipinski definition) is 1. The van der Waals surface area contributed by atoms with Gasteiger partial charge in [-0.2, -0.15) is 5.26 Å². The van der Waals surface area contributed by atoms with Crippen LogP contribution in [0.1, 0.15) is 11.6 Å². The van der Waals surface area contributed by atoms with Crippen LogP contribution in [0.2, 0.25) is 0 Å². The second-order valence-corrected chi connectivity index (χ2v) is 3.21. The standard InChI is InChI=1S/C12H10N2/c13-8-12(14)11-6-5-9-3-1-2-4-10(9)7-11/h1-7,12H,14H2/t12-/m1/s1. The molecule has 2 rings (SSSR count). The summed E-state index contributed by atoms with van der Waals surface area (Å²) in [6, 6.07) is 15.4. The summed E-state index contributed by atoms with van der Waals surface area (Å²) in [6.45, 7) is 0. The average molecular weight is 182 g/mol. The third-order valence-corrected chi connectivity index (χ3v) is 2.27. The molecule has 0 saturated carbocycles. The van der Waals surface area contributed by atoms with Gasteiger partial charge >= 0.3 is 0 Å². The van der Waals surface area contributed by atoms with Crippen LogP contribution >= 0.6 is 0 Å². The zero-order valence-electron chi connectivity index (χ0n) is 7.64. The van der Waals surface area contributed by atoms with E-state index in [2.05, 4.69) is 0 Å². The lowest BCUT2D eigenvalue weighted by Gasteiger charge is -2.04. The van der Waals surface area contributed by atoms with Crippen LogP contribution in [0.3, 0.4) is 0 Å². The van der Waals surface area contributed by atoms with Crippen LogP contribution in [-0.4, -0.2) is 0 Å². The zero-order chi connectivity index (χ0) is 9.97. The molecule has 0 aliphatic rings. The summed E-state index contributed by atoms with van der Waals surface area (Å²) in [5, 5.41) is 11.0. The van der Waals surface area contributed by atoms with Crippen molar-refractivity contribution in [2.45, 2.75) is 6.04 Å². The molecule has 2 nitrogen and oxygen atoms in total. The van der Waals surface area contributed by atoms with E-state index in [0.717, 1.165) is 10.9 Å². The van der Waals surface area contributed by atoms with Gasteiger partial charge in [-0.25, -0.2) is 0 Å². The minimum absolute atomic E-state index is 0.528. The van der Waals surface area contributed by atoms with E-state index < -0.39 is 6.04 Å². The molecule has 0 amide bonds. The average Bonchev–Trinajstić information content (AvgIpc) is 2.27. The monoisotopic (exact) mass is 182 g/mol. The third kappa shape index (κ3) is 1.46. The predicted octanol–water partition coefficient (Wildman–Crippen LogP) is 2.36. The van der Waals surface area contributed by atoms with Crippen molar-refractivity contribution in [1.82, 2.24) is 0 Å². The summed E-state index contributed by atoms with van der Waals surface area (Å²) in [4.78, 5) is 0. The summed E-state index contributed by atoms with van der Waals surface area (Å²) in [7, 11) is 0. The second kappa shape index (κ2) is 3.49. The first-order valence-electron chi connectivity index (χ1n) is 4.45. The summed E-state index contributed by atoms with van der Waals surface area (Å²) < 4.78 is 0. The molecule has 0 unspecified atom stereocenters. The van der Waals surface area contributed by atoms with Crippen LogP contribution in [-0.2, 0) is 0 Å². The Morgan fingerprint density at radius 2 is 1.79 bits per heavy atom. The normalized spacial score (nSPS) is 12.3. The van der Waals surface area contributed by atoms with E-state index in [1.54, 1.807) is 0 Å².